The van der Waals surface area contributed by atoms with E-state index in [1.165, 1.54) is 17.1 Å². The summed E-state index contributed by atoms with van der Waals surface area (Å²) in [7, 11) is -3.78. The molecule has 0 saturated carbocycles. The van der Waals surface area contributed by atoms with Gasteiger partial charge in [0.05, 0.1) is 11.5 Å². The van der Waals surface area contributed by atoms with Crippen molar-refractivity contribution in [2.45, 2.75) is 28.2 Å². The maximum Gasteiger partial charge on any atom is 0.297 e. The van der Waals surface area contributed by atoms with Gasteiger partial charge >= 0.3 is 0 Å². The zero-order valence-electron chi connectivity index (χ0n) is 11.9. The Morgan fingerprint density at radius 3 is 2.77 bits per heavy atom. The summed E-state index contributed by atoms with van der Waals surface area (Å²) >= 11 is 6.09. The van der Waals surface area contributed by atoms with Gasteiger partial charge in [0, 0.05) is 17.5 Å². The molecule has 1 aromatic carbocycles. The second-order valence-electron chi connectivity index (χ2n) is 4.38. The van der Waals surface area contributed by atoms with Crippen LogP contribution in [0.4, 0.5) is 0 Å². The first-order valence-electron chi connectivity index (χ1n) is 6.56. The highest BCUT2D eigenvalue weighted by atomic mass is 32.2. The van der Waals surface area contributed by atoms with Crippen LogP contribution < -0.4 is 0 Å². The van der Waals surface area contributed by atoms with Crippen LogP contribution in [-0.2, 0) is 14.3 Å². The molecule has 1 heterocycles. The van der Waals surface area contributed by atoms with Crippen molar-refractivity contribution >= 4 is 39.5 Å². The molecule has 0 radical (unpaired) electrons. The van der Waals surface area contributed by atoms with E-state index in [-0.39, 0.29) is 11.5 Å². The molecule has 0 aliphatic heterocycles. The molecule has 2 rings (SSSR count). The number of rotatable bonds is 7. The van der Waals surface area contributed by atoms with Crippen molar-refractivity contribution in [1.29, 1.82) is 0 Å². The Morgan fingerprint density at radius 2 is 2.09 bits per heavy atom. The molecular formula is C15H15NO3S3. The van der Waals surface area contributed by atoms with Gasteiger partial charge in [-0.25, -0.2) is 4.98 Å². The lowest BCUT2D eigenvalue weighted by molar-refractivity contribution is 0.329. The van der Waals surface area contributed by atoms with Crippen LogP contribution in [0.2, 0.25) is 0 Å². The average Bonchev–Trinajstić information content (AvgIpc) is 2.50. The number of aromatic nitrogens is 1. The fourth-order valence-electron chi connectivity index (χ4n) is 1.77. The predicted molar refractivity (Wildman–Crippen MR) is 90.9 cm³/mol. The Morgan fingerprint density at radius 1 is 1.27 bits per heavy atom. The van der Waals surface area contributed by atoms with E-state index in [1.54, 1.807) is 25.3 Å². The summed E-state index contributed by atoms with van der Waals surface area (Å²) in [5.74, 6) is 0. The number of nitrogens with zero attached hydrogens (tertiary/aromatic N) is 1. The van der Waals surface area contributed by atoms with Crippen molar-refractivity contribution in [3.63, 3.8) is 0 Å². The Bertz CT molecular complexity index is 746. The molecule has 0 amide bonds. The van der Waals surface area contributed by atoms with Crippen LogP contribution in [0, 0.1) is 6.92 Å². The largest absolute Gasteiger partial charge is 0.297 e. The second-order valence-corrected chi connectivity index (χ2v) is 7.36. The number of benzene rings is 1. The molecule has 7 heteroatoms. The fourth-order valence-corrected chi connectivity index (χ4v) is 3.99. The van der Waals surface area contributed by atoms with E-state index in [9.17, 15) is 8.42 Å². The van der Waals surface area contributed by atoms with Crippen molar-refractivity contribution < 1.29 is 12.6 Å². The molecule has 0 atom stereocenters. The Balaban J connectivity index is 2.27. The summed E-state index contributed by atoms with van der Waals surface area (Å²) in [6.07, 6.45) is 2.11. The highest BCUT2D eigenvalue weighted by Gasteiger charge is 2.19. The number of hydrogen-bond acceptors (Lipinski definition) is 6. The van der Waals surface area contributed by atoms with Crippen molar-refractivity contribution in [2.75, 3.05) is 6.61 Å². The average molecular weight is 353 g/mol. The molecule has 2 aromatic rings. The summed E-state index contributed by atoms with van der Waals surface area (Å²) in [6.45, 7) is 1.82. The van der Waals surface area contributed by atoms with Gasteiger partial charge in [0.15, 0.2) is 0 Å². The van der Waals surface area contributed by atoms with Crippen LogP contribution in [-0.4, -0.2) is 25.4 Å². The molecule has 0 fully saturated rings. The third kappa shape index (κ3) is 4.36. The molecule has 0 unspecified atom stereocenters. The number of pyridine rings is 1. The van der Waals surface area contributed by atoms with E-state index in [4.69, 9.17) is 4.18 Å². The van der Waals surface area contributed by atoms with E-state index in [0.29, 0.717) is 12.0 Å². The lowest BCUT2D eigenvalue weighted by atomic mass is 10.2. The molecule has 0 aliphatic rings. The summed E-state index contributed by atoms with van der Waals surface area (Å²) in [4.78, 5) is 5.24. The number of hydrogen-bond donors (Lipinski definition) is 0. The first kappa shape index (κ1) is 17.1. The highest BCUT2D eigenvalue weighted by Crippen LogP contribution is 2.32. The van der Waals surface area contributed by atoms with Gasteiger partial charge < -0.3 is 0 Å². The minimum atomic E-state index is -3.78. The zero-order chi connectivity index (χ0) is 16.0. The summed E-state index contributed by atoms with van der Waals surface area (Å²) in [5.41, 5.74) is 0.653. The minimum Gasteiger partial charge on any atom is -0.266 e. The monoisotopic (exact) mass is 353 g/mol. The molecule has 4 nitrogen and oxygen atoms in total. The minimum absolute atomic E-state index is 0.0584. The fraction of sp³-hybridized carbons (Fsp3) is 0.200. The van der Waals surface area contributed by atoms with Gasteiger partial charge in [-0.3, -0.25) is 4.18 Å². The van der Waals surface area contributed by atoms with Crippen LogP contribution in [0.25, 0.3) is 0 Å². The molecule has 116 valence electrons. The first-order chi connectivity index (χ1) is 10.5. The van der Waals surface area contributed by atoms with Crippen LogP contribution in [0.15, 0.2) is 57.4 Å². The van der Waals surface area contributed by atoms with E-state index < -0.39 is 10.1 Å². The normalized spacial score (nSPS) is 11.3. The zero-order valence-corrected chi connectivity index (χ0v) is 14.4. The summed E-state index contributed by atoms with van der Waals surface area (Å²) in [6, 6.07) is 10.7. The van der Waals surface area contributed by atoms with E-state index >= 15 is 0 Å². The molecule has 0 N–H and O–H groups in total. The molecular weight excluding hydrogens is 338 g/mol. The maximum absolute atomic E-state index is 12.2. The Kier molecular flexibility index (Phi) is 6.07. The van der Waals surface area contributed by atoms with E-state index in [0.717, 1.165) is 9.92 Å². The SMILES string of the molecule is Cc1c(Sc2ccccn2)cccc1S(=O)(=O)OCCC=S. The summed E-state index contributed by atoms with van der Waals surface area (Å²) in [5, 5.41) is 2.26. The molecule has 1 aromatic heterocycles. The van der Waals surface area contributed by atoms with Crippen LogP contribution >= 0.6 is 24.0 Å². The van der Waals surface area contributed by atoms with Crippen LogP contribution in [0.3, 0.4) is 0 Å². The lowest BCUT2D eigenvalue weighted by Gasteiger charge is -2.11. The standard InChI is InChI=1S/C15H15NO3S3/c1-12-13(21-15-8-2-3-9-16-15)6-4-7-14(12)22(17,18)19-10-5-11-20/h2-4,6-9,11H,5,10H2,1H3. The van der Waals surface area contributed by atoms with Crippen molar-refractivity contribution in [1.82, 2.24) is 4.98 Å². The Hall–Kier alpha value is -1.28. The van der Waals surface area contributed by atoms with Gasteiger partial charge in [0.25, 0.3) is 10.1 Å². The van der Waals surface area contributed by atoms with Gasteiger partial charge in [-0.2, -0.15) is 8.42 Å². The highest BCUT2D eigenvalue weighted by molar-refractivity contribution is 7.99. The predicted octanol–water partition coefficient (Wildman–Crippen LogP) is 3.64. The van der Waals surface area contributed by atoms with Crippen LogP contribution in [0.1, 0.15) is 12.0 Å². The molecule has 22 heavy (non-hydrogen) atoms. The van der Waals surface area contributed by atoms with Crippen molar-refractivity contribution in [3.05, 3.63) is 48.2 Å². The van der Waals surface area contributed by atoms with E-state index in [2.05, 4.69) is 17.2 Å². The van der Waals surface area contributed by atoms with Crippen molar-refractivity contribution in [3.8, 4) is 0 Å². The third-order valence-electron chi connectivity index (χ3n) is 2.83. The Labute approximate surface area is 140 Å². The van der Waals surface area contributed by atoms with Gasteiger partial charge in [-0.05, 0) is 42.1 Å². The molecule has 0 spiro atoms. The van der Waals surface area contributed by atoms with E-state index in [1.807, 2.05) is 24.3 Å². The lowest BCUT2D eigenvalue weighted by Crippen LogP contribution is -2.09. The molecule has 0 bridgehead atoms. The third-order valence-corrected chi connectivity index (χ3v) is 5.64. The molecule has 0 saturated heterocycles. The number of thiocarbonyl (C=S) groups is 1. The smallest absolute Gasteiger partial charge is 0.266 e. The summed E-state index contributed by atoms with van der Waals surface area (Å²) < 4.78 is 29.5. The maximum atomic E-state index is 12.2. The first-order valence-corrected chi connectivity index (χ1v) is 9.26. The topological polar surface area (TPSA) is 56.3 Å². The molecule has 0 aliphatic carbocycles. The van der Waals surface area contributed by atoms with Gasteiger partial charge in [0.2, 0.25) is 0 Å². The van der Waals surface area contributed by atoms with Crippen molar-refractivity contribution in [2.24, 2.45) is 0 Å². The van der Waals surface area contributed by atoms with Gasteiger partial charge in [-0.15, -0.1) is 0 Å². The van der Waals surface area contributed by atoms with Crippen LogP contribution in [0.5, 0.6) is 0 Å². The van der Waals surface area contributed by atoms with Gasteiger partial charge in [0.1, 0.15) is 5.03 Å². The second kappa shape index (κ2) is 7.82. The van der Waals surface area contributed by atoms with Gasteiger partial charge in [-0.1, -0.05) is 36.1 Å². The quantitative estimate of drug-likeness (QED) is 0.430.